The Bertz CT molecular complexity index is 478. The second kappa shape index (κ2) is 7.12. The second-order valence-electron chi connectivity index (χ2n) is 5.41. The number of hydrogen-bond acceptors (Lipinski definition) is 5. The zero-order valence-corrected chi connectivity index (χ0v) is 13.5. The smallest absolute Gasteiger partial charge is 0.270 e. The fraction of sp³-hybridized carbons (Fsp3) is 0.538. The van der Waals surface area contributed by atoms with E-state index in [-0.39, 0.29) is 5.69 Å². The van der Waals surface area contributed by atoms with E-state index < -0.39 is 10.5 Å². The van der Waals surface area contributed by atoms with Crippen LogP contribution in [0.25, 0.3) is 0 Å². The normalized spacial score (nSPS) is 14.3. The van der Waals surface area contributed by atoms with Crippen molar-refractivity contribution in [2.24, 2.45) is 0 Å². The SMILES string of the molecule is CN(C)CC(C)(O)CNCc1cc(Br)cc([N+](=O)[O-])c1. The molecule has 0 spiro atoms. The summed E-state index contributed by atoms with van der Waals surface area (Å²) in [5.41, 5.74) is 0.00417. The lowest BCUT2D eigenvalue weighted by molar-refractivity contribution is -0.385. The molecule has 0 amide bonds. The van der Waals surface area contributed by atoms with Crippen molar-refractivity contribution in [1.29, 1.82) is 0 Å². The standard InChI is InChI=1S/C13H20BrN3O3/c1-13(18,9-16(2)3)8-15-7-10-4-11(14)6-12(5-10)17(19)20/h4-6,15,18H,7-9H2,1-3H3. The molecule has 7 heteroatoms. The molecule has 6 nitrogen and oxygen atoms in total. The van der Waals surface area contributed by atoms with Crippen molar-refractivity contribution >= 4 is 21.6 Å². The van der Waals surface area contributed by atoms with Gasteiger partial charge in [0.1, 0.15) is 0 Å². The molecule has 0 saturated heterocycles. The van der Waals surface area contributed by atoms with Crippen molar-refractivity contribution < 1.29 is 10.0 Å². The van der Waals surface area contributed by atoms with Crippen molar-refractivity contribution in [1.82, 2.24) is 10.2 Å². The predicted octanol–water partition coefficient (Wildman–Crippen LogP) is 1.76. The fourth-order valence-corrected chi connectivity index (χ4v) is 2.58. The summed E-state index contributed by atoms with van der Waals surface area (Å²) in [7, 11) is 3.79. The number of aliphatic hydroxyl groups is 1. The van der Waals surface area contributed by atoms with E-state index in [2.05, 4.69) is 21.2 Å². The van der Waals surface area contributed by atoms with Crippen LogP contribution in [0.3, 0.4) is 0 Å². The first-order valence-corrected chi connectivity index (χ1v) is 7.00. The Morgan fingerprint density at radius 2 is 2.10 bits per heavy atom. The topological polar surface area (TPSA) is 78.6 Å². The summed E-state index contributed by atoms with van der Waals surface area (Å²) >= 11 is 3.26. The third-order valence-electron chi connectivity index (χ3n) is 2.64. The molecule has 1 aromatic carbocycles. The average Bonchev–Trinajstić information content (AvgIpc) is 2.25. The van der Waals surface area contributed by atoms with Crippen LogP contribution in [0.5, 0.6) is 0 Å². The van der Waals surface area contributed by atoms with Gasteiger partial charge < -0.3 is 15.3 Å². The summed E-state index contributed by atoms with van der Waals surface area (Å²) in [6.07, 6.45) is 0. The highest BCUT2D eigenvalue weighted by atomic mass is 79.9. The van der Waals surface area contributed by atoms with Gasteiger partial charge in [-0.05, 0) is 32.6 Å². The molecule has 20 heavy (non-hydrogen) atoms. The monoisotopic (exact) mass is 345 g/mol. The third kappa shape index (κ3) is 5.96. The van der Waals surface area contributed by atoms with Crippen LogP contribution < -0.4 is 5.32 Å². The van der Waals surface area contributed by atoms with E-state index in [1.54, 1.807) is 6.92 Å². The number of benzene rings is 1. The highest BCUT2D eigenvalue weighted by molar-refractivity contribution is 9.10. The van der Waals surface area contributed by atoms with Gasteiger partial charge in [-0.2, -0.15) is 0 Å². The number of likely N-dealkylation sites (N-methyl/N-ethyl adjacent to an activating group) is 1. The van der Waals surface area contributed by atoms with Crippen molar-refractivity contribution in [2.75, 3.05) is 27.2 Å². The van der Waals surface area contributed by atoms with Gasteiger partial charge >= 0.3 is 0 Å². The largest absolute Gasteiger partial charge is 0.388 e. The number of nitro benzene ring substituents is 1. The first-order chi connectivity index (χ1) is 9.19. The number of hydrogen-bond donors (Lipinski definition) is 2. The molecule has 0 aromatic heterocycles. The summed E-state index contributed by atoms with van der Waals surface area (Å²) in [5.74, 6) is 0. The van der Waals surface area contributed by atoms with E-state index >= 15 is 0 Å². The number of nitro groups is 1. The lowest BCUT2D eigenvalue weighted by atomic mass is 10.1. The van der Waals surface area contributed by atoms with Crippen LogP contribution in [0, 0.1) is 10.1 Å². The van der Waals surface area contributed by atoms with Gasteiger partial charge in [0.15, 0.2) is 0 Å². The summed E-state index contributed by atoms with van der Waals surface area (Å²) in [4.78, 5) is 12.3. The lowest BCUT2D eigenvalue weighted by Gasteiger charge is -2.27. The van der Waals surface area contributed by atoms with Crippen LogP contribution in [-0.4, -0.2) is 47.7 Å². The Kier molecular flexibility index (Phi) is 6.07. The molecule has 0 aliphatic heterocycles. The van der Waals surface area contributed by atoms with Gasteiger partial charge in [0, 0.05) is 36.2 Å². The Balaban J connectivity index is 2.60. The molecular formula is C13H20BrN3O3. The van der Waals surface area contributed by atoms with E-state index in [4.69, 9.17) is 0 Å². The summed E-state index contributed by atoms with van der Waals surface area (Å²) in [6.45, 7) is 3.16. The maximum atomic E-state index is 10.8. The Hall–Kier alpha value is -1.02. The van der Waals surface area contributed by atoms with Gasteiger partial charge in [0.2, 0.25) is 0 Å². The van der Waals surface area contributed by atoms with Crippen molar-refractivity contribution in [3.05, 3.63) is 38.3 Å². The van der Waals surface area contributed by atoms with Crippen LogP contribution in [0.2, 0.25) is 0 Å². The first kappa shape index (κ1) is 17.0. The molecule has 1 atom stereocenters. The average molecular weight is 346 g/mol. The molecule has 0 saturated carbocycles. The number of nitrogens with zero attached hydrogens (tertiary/aromatic N) is 2. The zero-order valence-electron chi connectivity index (χ0n) is 11.9. The van der Waals surface area contributed by atoms with Gasteiger partial charge in [-0.1, -0.05) is 15.9 Å². The molecule has 1 aromatic rings. The number of non-ortho nitro benzene ring substituents is 1. The minimum atomic E-state index is -0.846. The van der Waals surface area contributed by atoms with Crippen molar-refractivity contribution in [2.45, 2.75) is 19.1 Å². The van der Waals surface area contributed by atoms with Gasteiger partial charge in [-0.3, -0.25) is 10.1 Å². The quantitative estimate of drug-likeness (QED) is 0.581. The molecule has 0 heterocycles. The fourth-order valence-electron chi connectivity index (χ4n) is 2.05. The van der Waals surface area contributed by atoms with Gasteiger partial charge in [0.05, 0.1) is 10.5 Å². The Morgan fingerprint density at radius 1 is 1.45 bits per heavy atom. The molecular weight excluding hydrogens is 326 g/mol. The van der Waals surface area contributed by atoms with E-state index in [9.17, 15) is 15.2 Å². The van der Waals surface area contributed by atoms with Gasteiger partial charge in [0.25, 0.3) is 5.69 Å². The summed E-state index contributed by atoms with van der Waals surface area (Å²) in [5, 5.41) is 24.0. The molecule has 1 unspecified atom stereocenters. The number of nitrogens with one attached hydrogen (secondary N) is 1. The molecule has 2 N–H and O–H groups in total. The molecule has 112 valence electrons. The zero-order chi connectivity index (χ0) is 15.3. The van der Waals surface area contributed by atoms with E-state index in [1.165, 1.54) is 12.1 Å². The maximum absolute atomic E-state index is 10.8. The number of rotatable bonds is 7. The molecule has 0 aliphatic rings. The highest BCUT2D eigenvalue weighted by Crippen LogP contribution is 2.21. The van der Waals surface area contributed by atoms with Crippen molar-refractivity contribution in [3.8, 4) is 0 Å². The van der Waals surface area contributed by atoms with Crippen LogP contribution in [0.15, 0.2) is 22.7 Å². The Morgan fingerprint density at radius 3 is 2.65 bits per heavy atom. The molecule has 0 aliphatic carbocycles. The second-order valence-corrected chi connectivity index (χ2v) is 6.33. The minimum Gasteiger partial charge on any atom is -0.388 e. The van der Waals surface area contributed by atoms with Crippen molar-refractivity contribution in [3.63, 3.8) is 0 Å². The molecule has 1 rings (SSSR count). The predicted molar refractivity (Wildman–Crippen MR) is 81.7 cm³/mol. The molecule has 0 radical (unpaired) electrons. The van der Waals surface area contributed by atoms with E-state index in [0.29, 0.717) is 24.1 Å². The lowest BCUT2D eigenvalue weighted by Crippen LogP contribution is -2.45. The third-order valence-corrected chi connectivity index (χ3v) is 3.10. The maximum Gasteiger partial charge on any atom is 0.270 e. The number of halogens is 1. The van der Waals surface area contributed by atoms with Gasteiger partial charge in [-0.15, -0.1) is 0 Å². The molecule has 0 fully saturated rings. The van der Waals surface area contributed by atoms with E-state index in [0.717, 1.165) is 5.56 Å². The first-order valence-electron chi connectivity index (χ1n) is 6.21. The van der Waals surface area contributed by atoms with Gasteiger partial charge in [-0.25, -0.2) is 0 Å². The highest BCUT2D eigenvalue weighted by Gasteiger charge is 2.20. The summed E-state index contributed by atoms with van der Waals surface area (Å²) < 4.78 is 0.670. The Labute approximate surface area is 127 Å². The van der Waals surface area contributed by atoms with Crippen LogP contribution in [0.1, 0.15) is 12.5 Å². The van der Waals surface area contributed by atoms with Crippen LogP contribution in [-0.2, 0) is 6.54 Å². The van der Waals surface area contributed by atoms with E-state index in [1.807, 2.05) is 25.1 Å². The van der Waals surface area contributed by atoms with Crippen LogP contribution >= 0.6 is 15.9 Å². The molecule has 0 bridgehead atoms. The summed E-state index contributed by atoms with van der Waals surface area (Å²) in [6, 6.07) is 4.81. The minimum absolute atomic E-state index is 0.0521. The van der Waals surface area contributed by atoms with Crippen LogP contribution in [0.4, 0.5) is 5.69 Å².